The molecule has 0 unspecified atom stereocenters. The highest BCUT2D eigenvalue weighted by molar-refractivity contribution is 5.96. The molecule has 0 aliphatic heterocycles. The van der Waals surface area contributed by atoms with Crippen LogP contribution in [0.25, 0.3) is 0 Å². The van der Waals surface area contributed by atoms with Crippen LogP contribution in [0.3, 0.4) is 0 Å². The lowest BCUT2D eigenvalue weighted by atomic mass is 9.75. The Morgan fingerprint density at radius 3 is 2.27 bits per heavy atom. The summed E-state index contributed by atoms with van der Waals surface area (Å²) in [6.45, 7) is 9.76. The van der Waals surface area contributed by atoms with Crippen LogP contribution in [0.4, 0.5) is 5.69 Å². The predicted molar refractivity (Wildman–Crippen MR) is 183 cm³/mol. The average molecular weight is 679 g/mol. The van der Waals surface area contributed by atoms with E-state index < -0.39 is 29.0 Å². The number of nitrogens with one attached hydrogen (secondary N) is 2. The van der Waals surface area contributed by atoms with Gasteiger partial charge < -0.3 is 45.3 Å². The maximum absolute atomic E-state index is 12.6. The van der Waals surface area contributed by atoms with Gasteiger partial charge in [0.25, 0.3) is 0 Å². The van der Waals surface area contributed by atoms with Gasteiger partial charge in [-0.25, -0.2) is 9.59 Å². The van der Waals surface area contributed by atoms with Gasteiger partial charge in [-0.1, -0.05) is 39.3 Å². The van der Waals surface area contributed by atoms with Gasteiger partial charge in [-0.05, 0) is 79.8 Å². The van der Waals surface area contributed by atoms with Crippen LogP contribution in [0.15, 0.2) is 36.4 Å². The van der Waals surface area contributed by atoms with Crippen molar-refractivity contribution in [1.29, 1.82) is 0 Å². The molecule has 3 aromatic rings. The number of phenolic OH excluding ortho intramolecular Hbond substituents is 2. The van der Waals surface area contributed by atoms with E-state index in [-0.39, 0.29) is 64.7 Å². The van der Waals surface area contributed by atoms with Crippen LogP contribution in [0.1, 0.15) is 83.0 Å². The summed E-state index contributed by atoms with van der Waals surface area (Å²) < 4.78 is 17.1. The summed E-state index contributed by atoms with van der Waals surface area (Å²) >= 11 is 0. The number of anilines is 1. The average Bonchev–Trinajstić information content (AvgIpc) is 3.04. The minimum Gasteiger partial charge on any atom is -0.507 e. The van der Waals surface area contributed by atoms with E-state index in [0.29, 0.717) is 30.0 Å². The molecule has 0 saturated heterocycles. The topological polar surface area (TPSA) is 184 Å². The molecule has 0 bridgehead atoms. The van der Waals surface area contributed by atoms with Gasteiger partial charge in [0.2, 0.25) is 5.91 Å². The fourth-order valence-corrected chi connectivity index (χ4v) is 6.33. The SMILES string of the molecule is COc1cc(C(=O)O)c(Oc2c(CNc3ccc(CNC(=O)CO[C@@H]4C[C@H](C)CC[C@H]4C(C)C)cc3)c(O)cc(C)c2C(=O)O)c(O)c1C. The highest BCUT2D eigenvalue weighted by atomic mass is 16.5. The van der Waals surface area contributed by atoms with Crippen LogP contribution >= 0.6 is 0 Å². The van der Waals surface area contributed by atoms with Crippen molar-refractivity contribution in [3.05, 3.63) is 69.8 Å². The number of hydrogen-bond donors (Lipinski definition) is 6. The molecule has 0 spiro atoms. The predicted octanol–water partition coefficient (Wildman–Crippen LogP) is 6.62. The van der Waals surface area contributed by atoms with Crippen LogP contribution < -0.4 is 20.1 Å². The van der Waals surface area contributed by atoms with E-state index in [0.717, 1.165) is 24.5 Å². The lowest BCUT2D eigenvalue weighted by Gasteiger charge is -2.37. The molecule has 1 saturated carbocycles. The van der Waals surface area contributed by atoms with Gasteiger partial charge >= 0.3 is 11.9 Å². The number of carboxylic acids is 2. The Kier molecular flexibility index (Phi) is 12.0. The Morgan fingerprint density at radius 1 is 0.959 bits per heavy atom. The number of aromatic hydroxyl groups is 2. The monoisotopic (exact) mass is 678 g/mol. The maximum atomic E-state index is 12.6. The van der Waals surface area contributed by atoms with Crippen molar-refractivity contribution < 1.29 is 49.0 Å². The summed E-state index contributed by atoms with van der Waals surface area (Å²) in [5.74, 6) is -3.06. The number of rotatable bonds is 14. The summed E-state index contributed by atoms with van der Waals surface area (Å²) in [6, 6.07) is 9.59. The first-order valence-electron chi connectivity index (χ1n) is 16.3. The molecule has 0 radical (unpaired) electrons. The Balaban J connectivity index is 1.47. The molecule has 6 N–H and O–H groups in total. The number of carbonyl (C=O) groups is 3. The zero-order valence-electron chi connectivity index (χ0n) is 28.8. The number of hydrogen-bond acceptors (Lipinski definition) is 9. The van der Waals surface area contributed by atoms with E-state index in [2.05, 4.69) is 31.4 Å². The Morgan fingerprint density at radius 2 is 1.65 bits per heavy atom. The quantitative estimate of drug-likeness (QED) is 0.108. The van der Waals surface area contributed by atoms with E-state index >= 15 is 0 Å². The van der Waals surface area contributed by atoms with Gasteiger partial charge in [0.05, 0.1) is 18.8 Å². The molecular formula is C37H46N2O10. The molecule has 12 nitrogen and oxygen atoms in total. The van der Waals surface area contributed by atoms with Gasteiger partial charge in [-0.2, -0.15) is 0 Å². The first-order chi connectivity index (χ1) is 23.2. The number of benzene rings is 3. The van der Waals surface area contributed by atoms with E-state index in [1.807, 2.05) is 12.1 Å². The number of ether oxygens (including phenoxy) is 3. The number of aryl methyl sites for hydroxylation is 1. The summed E-state index contributed by atoms with van der Waals surface area (Å²) in [6.07, 6.45) is 3.34. The van der Waals surface area contributed by atoms with Gasteiger partial charge in [0, 0.05) is 24.3 Å². The largest absolute Gasteiger partial charge is 0.507 e. The van der Waals surface area contributed by atoms with Crippen molar-refractivity contribution in [2.45, 2.75) is 73.1 Å². The van der Waals surface area contributed by atoms with Crippen molar-refractivity contribution in [2.24, 2.45) is 17.8 Å². The molecule has 3 aromatic carbocycles. The zero-order valence-corrected chi connectivity index (χ0v) is 28.8. The Bertz CT molecular complexity index is 1690. The Hall–Kier alpha value is -4.97. The van der Waals surface area contributed by atoms with E-state index in [1.54, 1.807) is 12.1 Å². The van der Waals surface area contributed by atoms with E-state index in [1.165, 1.54) is 33.4 Å². The number of carbonyl (C=O) groups excluding carboxylic acids is 1. The third-order valence-corrected chi connectivity index (χ3v) is 9.19. The molecule has 49 heavy (non-hydrogen) atoms. The van der Waals surface area contributed by atoms with Gasteiger partial charge in [0.1, 0.15) is 29.2 Å². The standard InChI is InChI=1S/C37H46N2O10/c1-19(2)25-12-7-20(3)13-30(25)48-18-31(41)39-16-23-8-10-24(11-9-23)38-17-27-28(40)14-21(4)32(37(45)46)34(27)49-35-26(36(43)44)15-29(47-6)22(5)33(35)42/h8-11,14-15,19-20,25,30,38,40,42H,7,12-13,16-18H2,1-6H3,(H,39,41)(H,43,44)(H,45,46)/t20-,25+,30-/m1/s1. The molecular weight excluding hydrogens is 632 g/mol. The second-order valence-corrected chi connectivity index (χ2v) is 13.0. The lowest BCUT2D eigenvalue weighted by Crippen LogP contribution is -2.37. The summed E-state index contributed by atoms with van der Waals surface area (Å²) in [5.41, 5.74) is 1.04. The van der Waals surface area contributed by atoms with Crippen molar-refractivity contribution >= 4 is 23.5 Å². The van der Waals surface area contributed by atoms with Crippen LogP contribution in [-0.4, -0.2) is 58.1 Å². The first-order valence-corrected chi connectivity index (χ1v) is 16.3. The van der Waals surface area contributed by atoms with Gasteiger partial charge in [-0.3, -0.25) is 4.79 Å². The molecule has 1 amide bonds. The summed E-state index contributed by atoms with van der Waals surface area (Å²) in [4.78, 5) is 37.0. The maximum Gasteiger partial charge on any atom is 0.339 e. The molecule has 1 aliphatic carbocycles. The minimum atomic E-state index is -1.44. The molecule has 1 fully saturated rings. The number of carboxylic acid groups (broad SMARTS) is 2. The molecule has 3 atom stereocenters. The molecule has 0 aromatic heterocycles. The normalized spacial score (nSPS) is 17.4. The minimum absolute atomic E-state index is 0.00481. The van der Waals surface area contributed by atoms with Crippen molar-refractivity contribution in [1.82, 2.24) is 5.32 Å². The molecule has 0 heterocycles. The van der Waals surface area contributed by atoms with Gasteiger partial charge in [-0.15, -0.1) is 0 Å². The van der Waals surface area contributed by atoms with Crippen molar-refractivity contribution in [3.8, 4) is 28.7 Å². The van der Waals surface area contributed by atoms with Crippen LogP contribution in [-0.2, 0) is 22.6 Å². The zero-order chi connectivity index (χ0) is 36.0. The third kappa shape index (κ3) is 8.74. The van der Waals surface area contributed by atoms with Crippen molar-refractivity contribution in [3.63, 3.8) is 0 Å². The Labute approximate surface area is 286 Å². The summed E-state index contributed by atoms with van der Waals surface area (Å²) in [7, 11) is 1.32. The second-order valence-electron chi connectivity index (χ2n) is 13.0. The van der Waals surface area contributed by atoms with Crippen LogP contribution in [0.5, 0.6) is 28.7 Å². The summed E-state index contributed by atoms with van der Waals surface area (Å²) in [5, 5.41) is 47.7. The van der Waals surface area contributed by atoms with E-state index in [4.69, 9.17) is 14.2 Å². The fourth-order valence-electron chi connectivity index (χ4n) is 6.33. The molecule has 264 valence electrons. The lowest BCUT2D eigenvalue weighted by molar-refractivity contribution is -0.131. The number of aromatic carboxylic acids is 2. The number of phenols is 2. The molecule has 12 heteroatoms. The molecule has 1 aliphatic rings. The smallest absolute Gasteiger partial charge is 0.339 e. The highest BCUT2D eigenvalue weighted by Crippen LogP contribution is 2.45. The first kappa shape index (κ1) is 36.9. The number of amides is 1. The third-order valence-electron chi connectivity index (χ3n) is 9.19. The van der Waals surface area contributed by atoms with Crippen molar-refractivity contribution in [2.75, 3.05) is 19.0 Å². The number of methoxy groups -OCH3 is 1. The molecule has 4 rings (SSSR count). The highest BCUT2D eigenvalue weighted by Gasteiger charge is 2.32. The fraction of sp³-hybridized carbons (Fsp3) is 0.432. The van der Waals surface area contributed by atoms with E-state index in [9.17, 15) is 34.8 Å². The van der Waals surface area contributed by atoms with Crippen LogP contribution in [0, 0.1) is 31.6 Å². The second kappa shape index (κ2) is 16.0. The van der Waals surface area contributed by atoms with Gasteiger partial charge in [0.15, 0.2) is 17.2 Å². The van der Waals surface area contributed by atoms with Crippen LogP contribution in [0.2, 0.25) is 0 Å².